The number of nitrogens with one attached hydrogen (secondary N) is 1. The van der Waals surface area contributed by atoms with E-state index in [-0.39, 0.29) is 5.91 Å². The molecule has 0 spiro atoms. The second-order valence-electron chi connectivity index (χ2n) is 7.52. The summed E-state index contributed by atoms with van der Waals surface area (Å²) >= 11 is 0. The molecule has 160 valence electrons. The summed E-state index contributed by atoms with van der Waals surface area (Å²) in [5.74, 6) is -0.620. The fourth-order valence-corrected chi connectivity index (χ4v) is 3.57. The van der Waals surface area contributed by atoms with Gasteiger partial charge in [0.2, 0.25) is 0 Å². The van der Waals surface area contributed by atoms with Crippen molar-refractivity contribution in [3.05, 3.63) is 60.2 Å². The van der Waals surface area contributed by atoms with Gasteiger partial charge in [0.15, 0.2) is 6.10 Å². The van der Waals surface area contributed by atoms with E-state index in [0.717, 1.165) is 43.9 Å². The SMILES string of the molecule is CCCCNc1ccccc1C(=O)O[C@H](C)C(=O)N1CCN(c2ccccc2)CC1. The normalized spacial score (nSPS) is 14.9. The first-order chi connectivity index (χ1) is 14.6. The molecule has 0 aromatic heterocycles. The first-order valence-corrected chi connectivity index (χ1v) is 10.7. The minimum Gasteiger partial charge on any atom is -0.449 e. The number of piperazine rings is 1. The third kappa shape index (κ3) is 5.53. The average molecular weight is 410 g/mol. The smallest absolute Gasteiger partial charge is 0.341 e. The molecule has 0 unspecified atom stereocenters. The molecule has 0 saturated carbocycles. The summed E-state index contributed by atoms with van der Waals surface area (Å²) in [6, 6.07) is 17.5. The minimum absolute atomic E-state index is 0.146. The molecule has 1 aliphatic heterocycles. The summed E-state index contributed by atoms with van der Waals surface area (Å²) < 4.78 is 5.53. The maximum atomic E-state index is 12.8. The van der Waals surface area contributed by atoms with Crippen LogP contribution in [0.3, 0.4) is 0 Å². The first-order valence-electron chi connectivity index (χ1n) is 10.7. The second kappa shape index (κ2) is 10.7. The number of nitrogens with zero attached hydrogens (tertiary/aromatic N) is 2. The van der Waals surface area contributed by atoms with E-state index in [1.54, 1.807) is 24.0 Å². The molecule has 1 heterocycles. The summed E-state index contributed by atoms with van der Waals surface area (Å²) in [5.41, 5.74) is 2.37. The minimum atomic E-state index is -0.815. The standard InChI is InChI=1S/C24H31N3O3/c1-3-4-14-25-22-13-9-8-12-21(22)24(29)30-19(2)23(28)27-17-15-26(16-18-27)20-10-6-5-7-11-20/h5-13,19,25H,3-4,14-18H2,1-2H3/t19-/m1/s1. The highest BCUT2D eigenvalue weighted by Crippen LogP contribution is 2.19. The van der Waals surface area contributed by atoms with Crippen molar-refractivity contribution in [2.75, 3.05) is 42.9 Å². The Bertz CT molecular complexity index is 833. The zero-order chi connectivity index (χ0) is 21.3. The molecule has 1 saturated heterocycles. The molecule has 1 fully saturated rings. The Hall–Kier alpha value is -3.02. The van der Waals surface area contributed by atoms with Gasteiger partial charge in [-0.15, -0.1) is 0 Å². The molecular weight excluding hydrogens is 378 g/mol. The Balaban J connectivity index is 1.54. The first kappa shape index (κ1) is 21.7. The Morgan fingerprint density at radius 3 is 2.37 bits per heavy atom. The molecule has 1 aliphatic rings. The Morgan fingerprint density at radius 2 is 1.67 bits per heavy atom. The van der Waals surface area contributed by atoms with Gasteiger partial charge < -0.3 is 19.9 Å². The Morgan fingerprint density at radius 1 is 1.00 bits per heavy atom. The van der Waals surface area contributed by atoms with E-state index in [9.17, 15) is 9.59 Å². The van der Waals surface area contributed by atoms with Crippen molar-refractivity contribution in [1.29, 1.82) is 0 Å². The van der Waals surface area contributed by atoms with Crippen molar-refractivity contribution in [3.8, 4) is 0 Å². The number of ether oxygens (including phenoxy) is 1. The third-order valence-corrected chi connectivity index (χ3v) is 5.34. The van der Waals surface area contributed by atoms with E-state index in [4.69, 9.17) is 4.74 Å². The molecule has 1 N–H and O–H groups in total. The summed E-state index contributed by atoms with van der Waals surface area (Å²) in [7, 11) is 0. The van der Waals surface area contributed by atoms with Crippen LogP contribution in [0.2, 0.25) is 0 Å². The summed E-state index contributed by atoms with van der Waals surface area (Å²) in [5, 5.41) is 3.28. The molecule has 0 bridgehead atoms. The molecule has 2 aromatic carbocycles. The van der Waals surface area contributed by atoms with E-state index in [1.807, 2.05) is 30.3 Å². The molecule has 6 nitrogen and oxygen atoms in total. The van der Waals surface area contributed by atoms with Crippen molar-refractivity contribution in [1.82, 2.24) is 4.90 Å². The molecule has 6 heteroatoms. The molecule has 2 aromatic rings. The van der Waals surface area contributed by atoms with Gasteiger partial charge >= 0.3 is 5.97 Å². The summed E-state index contributed by atoms with van der Waals surface area (Å²) in [4.78, 5) is 29.6. The zero-order valence-corrected chi connectivity index (χ0v) is 17.8. The molecule has 1 atom stereocenters. The van der Waals surface area contributed by atoms with Gasteiger partial charge in [0, 0.05) is 44.1 Å². The van der Waals surface area contributed by atoms with Crippen LogP contribution in [0.5, 0.6) is 0 Å². The van der Waals surface area contributed by atoms with Crippen molar-refractivity contribution in [3.63, 3.8) is 0 Å². The van der Waals surface area contributed by atoms with Crippen LogP contribution >= 0.6 is 0 Å². The zero-order valence-electron chi connectivity index (χ0n) is 17.8. The Kier molecular flexibility index (Phi) is 7.71. The molecule has 1 amide bonds. The van der Waals surface area contributed by atoms with Crippen LogP contribution < -0.4 is 10.2 Å². The largest absolute Gasteiger partial charge is 0.449 e. The molecular formula is C24H31N3O3. The number of para-hydroxylation sites is 2. The second-order valence-corrected chi connectivity index (χ2v) is 7.52. The number of hydrogen-bond acceptors (Lipinski definition) is 5. The van der Waals surface area contributed by atoms with Gasteiger partial charge in [0.1, 0.15) is 0 Å². The summed E-state index contributed by atoms with van der Waals surface area (Å²) in [6.45, 7) is 7.32. The molecule has 3 rings (SSSR count). The fraction of sp³-hybridized carbons (Fsp3) is 0.417. The van der Waals surface area contributed by atoms with Gasteiger partial charge in [-0.05, 0) is 37.6 Å². The third-order valence-electron chi connectivity index (χ3n) is 5.34. The lowest BCUT2D eigenvalue weighted by Gasteiger charge is -2.37. The van der Waals surface area contributed by atoms with Gasteiger partial charge in [0.05, 0.1) is 5.56 Å². The quantitative estimate of drug-likeness (QED) is 0.531. The lowest BCUT2D eigenvalue weighted by molar-refractivity contribution is -0.140. The number of amides is 1. The average Bonchev–Trinajstić information content (AvgIpc) is 2.79. The highest BCUT2D eigenvalue weighted by molar-refractivity contribution is 5.97. The molecule has 30 heavy (non-hydrogen) atoms. The topological polar surface area (TPSA) is 61.9 Å². The molecule has 0 aliphatic carbocycles. The van der Waals surface area contributed by atoms with E-state index in [1.165, 1.54) is 0 Å². The monoisotopic (exact) mass is 409 g/mol. The van der Waals surface area contributed by atoms with Gasteiger partial charge in [-0.3, -0.25) is 4.79 Å². The predicted octanol–water partition coefficient (Wildman–Crippen LogP) is 3.79. The maximum Gasteiger partial charge on any atom is 0.341 e. The van der Waals surface area contributed by atoms with Crippen molar-refractivity contribution < 1.29 is 14.3 Å². The maximum absolute atomic E-state index is 12.8. The number of rotatable bonds is 8. The number of hydrogen-bond donors (Lipinski definition) is 1. The number of carbonyl (C=O) groups is 2. The van der Waals surface area contributed by atoms with Crippen LogP contribution in [0.1, 0.15) is 37.0 Å². The van der Waals surface area contributed by atoms with Crippen LogP contribution in [0, 0.1) is 0 Å². The highest BCUT2D eigenvalue weighted by Gasteiger charge is 2.28. The van der Waals surface area contributed by atoms with Gasteiger partial charge in [-0.1, -0.05) is 43.7 Å². The number of benzene rings is 2. The fourth-order valence-electron chi connectivity index (χ4n) is 3.57. The summed E-state index contributed by atoms with van der Waals surface area (Å²) in [6.07, 6.45) is 1.28. The van der Waals surface area contributed by atoms with E-state index < -0.39 is 12.1 Å². The Labute approximate surface area is 178 Å². The number of unbranched alkanes of at least 4 members (excludes halogenated alkanes) is 1. The number of carbonyl (C=O) groups excluding carboxylic acids is 2. The van der Waals surface area contributed by atoms with Crippen LogP contribution in [0.15, 0.2) is 54.6 Å². The van der Waals surface area contributed by atoms with Crippen molar-refractivity contribution in [2.24, 2.45) is 0 Å². The van der Waals surface area contributed by atoms with E-state index >= 15 is 0 Å². The number of anilines is 2. The van der Waals surface area contributed by atoms with Crippen molar-refractivity contribution in [2.45, 2.75) is 32.8 Å². The van der Waals surface area contributed by atoms with E-state index in [0.29, 0.717) is 18.7 Å². The number of esters is 1. The molecule has 0 radical (unpaired) electrons. The lowest BCUT2D eigenvalue weighted by atomic mass is 10.1. The van der Waals surface area contributed by atoms with Gasteiger partial charge in [-0.2, -0.15) is 0 Å². The van der Waals surface area contributed by atoms with Crippen LogP contribution in [-0.2, 0) is 9.53 Å². The van der Waals surface area contributed by atoms with Crippen LogP contribution in [0.4, 0.5) is 11.4 Å². The lowest BCUT2D eigenvalue weighted by Crippen LogP contribution is -2.51. The van der Waals surface area contributed by atoms with Crippen LogP contribution in [0.25, 0.3) is 0 Å². The van der Waals surface area contributed by atoms with Crippen molar-refractivity contribution >= 4 is 23.3 Å². The van der Waals surface area contributed by atoms with Gasteiger partial charge in [-0.25, -0.2) is 4.79 Å². The van der Waals surface area contributed by atoms with Crippen LogP contribution in [-0.4, -0.2) is 55.6 Å². The highest BCUT2D eigenvalue weighted by atomic mass is 16.5. The predicted molar refractivity (Wildman–Crippen MR) is 120 cm³/mol. The van der Waals surface area contributed by atoms with E-state index in [2.05, 4.69) is 29.3 Å². The van der Waals surface area contributed by atoms with Gasteiger partial charge in [0.25, 0.3) is 5.91 Å².